The van der Waals surface area contributed by atoms with Crippen LogP contribution in [0.3, 0.4) is 0 Å². The lowest BCUT2D eigenvalue weighted by atomic mass is 10.3. The molecule has 0 aromatic heterocycles. The van der Waals surface area contributed by atoms with E-state index in [0.717, 1.165) is 32.7 Å². The third-order valence-corrected chi connectivity index (χ3v) is 2.59. The van der Waals surface area contributed by atoms with Gasteiger partial charge in [-0.25, -0.2) is 0 Å². The molecule has 1 fully saturated rings. The Kier molecular flexibility index (Phi) is 10.3. The number of nitrogens with zero attached hydrogens (tertiary/aromatic N) is 1. The molecule has 0 aromatic carbocycles. The van der Waals surface area contributed by atoms with Gasteiger partial charge in [-0.05, 0) is 0 Å². The lowest BCUT2D eigenvalue weighted by Gasteiger charge is -2.26. The highest BCUT2D eigenvalue weighted by molar-refractivity contribution is 5.69. The van der Waals surface area contributed by atoms with Gasteiger partial charge in [-0.2, -0.15) is 0 Å². The van der Waals surface area contributed by atoms with Gasteiger partial charge in [0.2, 0.25) is 0 Å². The van der Waals surface area contributed by atoms with Crippen molar-refractivity contribution in [2.24, 2.45) is 0 Å². The summed E-state index contributed by atoms with van der Waals surface area (Å²) in [5, 5.41) is 3.26. The van der Waals surface area contributed by atoms with Gasteiger partial charge in [0.15, 0.2) is 0 Å². The quantitative estimate of drug-likeness (QED) is 0.719. The minimum atomic E-state index is -0.157. The Bertz CT molecular complexity index is 234. The molecule has 1 N–H and O–H groups in total. The van der Waals surface area contributed by atoms with Gasteiger partial charge in [0, 0.05) is 39.1 Å². The van der Waals surface area contributed by atoms with E-state index >= 15 is 0 Å². The molecule has 6 heteroatoms. The molecule has 0 atom stereocenters. The number of methoxy groups -OCH3 is 2. The molecule has 1 aliphatic heterocycles. The van der Waals surface area contributed by atoms with E-state index in [1.807, 2.05) is 0 Å². The van der Waals surface area contributed by atoms with Crippen molar-refractivity contribution in [3.63, 3.8) is 0 Å². The van der Waals surface area contributed by atoms with Crippen molar-refractivity contribution in [2.75, 3.05) is 46.9 Å². The second kappa shape index (κ2) is 11.0. The van der Waals surface area contributed by atoms with Gasteiger partial charge in [-0.1, -0.05) is 6.92 Å². The number of hydrogen-bond donors (Lipinski definition) is 1. The number of rotatable bonds is 4. The zero-order valence-electron chi connectivity index (χ0n) is 11.5. The minimum Gasteiger partial charge on any atom is -0.469 e. The highest BCUT2D eigenvalue weighted by Crippen LogP contribution is 1.95. The Labute approximate surface area is 109 Å². The van der Waals surface area contributed by atoms with Crippen LogP contribution < -0.4 is 5.32 Å². The number of hydrogen-bond acceptors (Lipinski definition) is 6. The van der Waals surface area contributed by atoms with Gasteiger partial charge in [0.25, 0.3) is 0 Å². The van der Waals surface area contributed by atoms with Crippen LogP contribution >= 0.6 is 0 Å². The fourth-order valence-corrected chi connectivity index (χ4v) is 1.43. The summed E-state index contributed by atoms with van der Waals surface area (Å²) in [5.74, 6) is -0.275. The molecule has 106 valence electrons. The van der Waals surface area contributed by atoms with Gasteiger partial charge in [0.1, 0.15) is 0 Å². The van der Waals surface area contributed by atoms with Crippen LogP contribution in [0.2, 0.25) is 0 Å². The zero-order chi connectivity index (χ0) is 13.8. The largest absolute Gasteiger partial charge is 0.469 e. The number of piperazine rings is 1. The molecule has 0 bridgehead atoms. The fourth-order valence-electron chi connectivity index (χ4n) is 1.43. The van der Waals surface area contributed by atoms with Crippen LogP contribution in [-0.4, -0.2) is 63.8 Å². The summed E-state index contributed by atoms with van der Waals surface area (Å²) in [6.07, 6.45) is 0.979. The topological polar surface area (TPSA) is 67.9 Å². The van der Waals surface area contributed by atoms with Gasteiger partial charge >= 0.3 is 11.9 Å². The first-order chi connectivity index (χ1) is 8.63. The van der Waals surface area contributed by atoms with E-state index in [1.165, 1.54) is 14.2 Å². The molecule has 18 heavy (non-hydrogen) atoms. The Morgan fingerprint density at radius 2 is 1.67 bits per heavy atom. The van der Waals surface area contributed by atoms with Crippen molar-refractivity contribution in [3.8, 4) is 0 Å². The molecular weight excluding hydrogens is 236 g/mol. The van der Waals surface area contributed by atoms with E-state index in [4.69, 9.17) is 0 Å². The summed E-state index contributed by atoms with van der Waals surface area (Å²) in [6, 6.07) is 0. The van der Waals surface area contributed by atoms with Crippen molar-refractivity contribution in [3.05, 3.63) is 0 Å². The second-order valence-electron chi connectivity index (χ2n) is 3.85. The highest BCUT2D eigenvalue weighted by atomic mass is 16.5. The van der Waals surface area contributed by atoms with Crippen LogP contribution in [0.1, 0.15) is 19.8 Å². The SMILES string of the molecule is CCC(=O)OC.COC(=O)CCN1CCNCC1. The van der Waals surface area contributed by atoms with Crippen LogP contribution in [0.4, 0.5) is 0 Å². The Hall–Kier alpha value is -1.14. The Morgan fingerprint density at radius 1 is 1.11 bits per heavy atom. The molecule has 0 spiro atoms. The molecule has 0 aliphatic carbocycles. The predicted molar refractivity (Wildman–Crippen MR) is 68.2 cm³/mol. The Morgan fingerprint density at radius 3 is 2.06 bits per heavy atom. The summed E-state index contributed by atoms with van der Waals surface area (Å²) in [6.45, 7) is 6.72. The van der Waals surface area contributed by atoms with Crippen molar-refractivity contribution in [1.29, 1.82) is 0 Å². The van der Waals surface area contributed by atoms with Crippen LogP contribution in [0.25, 0.3) is 0 Å². The van der Waals surface area contributed by atoms with Crippen molar-refractivity contribution in [2.45, 2.75) is 19.8 Å². The molecule has 0 aromatic rings. The first-order valence-corrected chi connectivity index (χ1v) is 6.20. The average Bonchev–Trinajstić information content (AvgIpc) is 2.45. The van der Waals surface area contributed by atoms with Crippen LogP contribution in [0.5, 0.6) is 0 Å². The van der Waals surface area contributed by atoms with Crippen LogP contribution in [-0.2, 0) is 19.1 Å². The highest BCUT2D eigenvalue weighted by Gasteiger charge is 2.10. The number of nitrogens with one attached hydrogen (secondary N) is 1. The number of esters is 2. The minimum absolute atomic E-state index is 0.117. The van der Waals surface area contributed by atoms with Crippen molar-refractivity contribution < 1.29 is 19.1 Å². The predicted octanol–water partition coefficient (Wildman–Crippen LogP) is 0.0241. The number of carbonyl (C=O) groups is 2. The molecule has 6 nitrogen and oxygen atoms in total. The zero-order valence-corrected chi connectivity index (χ0v) is 11.5. The van der Waals surface area contributed by atoms with E-state index < -0.39 is 0 Å². The summed E-state index contributed by atoms with van der Waals surface area (Å²) in [5.41, 5.74) is 0. The van der Waals surface area contributed by atoms with Gasteiger partial charge in [-0.15, -0.1) is 0 Å². The molecule has 1 heterocycles. The first kappa shape index (κ1) is 16.9. The third kappa shape index (κ3) is 8.95. The van der Waals surface area contributed by atoms with E-state index in [2.05, 4.69) is 19.7 Å². The number of ether oxygens (including phenoxy) is 2. The maximum Gasteiger partial charge on any atom is 0.306 e. The fraction of sp³-hybridized carbons (Fsp3) is 0.833. The number of carbonyl (C=O) groups excluding carboxylic acids is 2. The maximum atomic E-state index is 10.8. The molecule has 1 saturated heterocycles. The molecule has 0 amide bonds. The molecular formula is C12H24N2O4. The van der Waals surface area contributed by atoms with E-state index in [9.17, 15) is 9.59 Å². The summed E-state index contributed by atoms with van der Waals surface area (Å²) < 4.78 is 8.82. The lowest BCUT2D eigenvalue weighted by Crippen LogP contribution is -2.44. The van der Waals surface area contributed by atoms with E-state index in [-0.39, 0.29) is 11.9 Å². The second-order valence-corrected chi connectivity index (χ2v) is 3.85. The van der Waals surface area contributed by atoms with Crippen molar-refractivity contribution >= 4 is 11.9 Å². The lowest BCUT2D eigenvalue weighted by molar-refractivity contribution is -0.141. The normalized spacial score (nSPS) is 15.3. The van der Waals surface area contributed by atoms with E-state index in [0.29, 0.717) is 12.8 Å². The third-order valence-electron chi connectivity index (χ3n) is 2.59. The summed E-state index contributed by atoms with van der Waals surface area (Å²) >= 11 is 0. The van der Waals surface area contributed by atoms with E-state index in [1.54, 1.807) is 6.92 Å². The average molecular weight is 260 g/mol. The standard InChI is InChI=1S/C8H16N2O2.C4H8O2/c1-12-8(11)2-5-10-6-3-9-4-7-10;1-3-4(5)6-2/h9H,2-7H2,1H3;3H2,1-2H3. The molecule has 0 saturated carbocycles. The van der Waals surface area contributed by atoms with Crippen LogP contribution in [0, 0.1) is 0 Å². The van der Waals surface area contributed by atoms with Gasteiger partial charge in [-0.3, -0.25) is 9.59 Å². The summed E-state index contributed by atoms with van der Waals surface area (Å²) in [4.78, 5) is 23.0. The smallest absolute Gasteiger partial charge is 0.306 e. The Balaban J connectivity index is 0.000000411. The monoisotopic (exact) mass is 260 g/mol. The maximum absolute atomic E-state index is 10.8. The molecule has 1 rings (SSSR count). The first-order valence-electron chi connectivity index (χ1n) is 6.20. The van der Waals surface area contributed by atoms with Crippen LogP contribution in [0.15, 0.2) is 0 Å². The molecule has 0 unspecified atom stereocenters. The van der Waals surface area contributed by atoms with Gasteiger partial charge in [0.05, 0.1) is 20.6 Å². The van der Waals surface area contributed by atoms with Crippen molar-refractivity contribution in [1.82, 2.24) is 10.2 Å². The molecule has 1 aliphatic rings. The molecule has 0 radical (unpaired) electrons. The summed E-state index contributed by atoms with van der Waals surface area (Å²) in [7, 11) is 2.81. The van der Waals surface area contributed by atoms with Gasteiger partial charge < -0.3 is 19.7 Å².